The number of carbonyl (C=O) groups is 2. The average molecular weight is 493 g/mol. The maximum atomic E-state index is 13.6. The number of carbonyl (C=O) groups excluding carboxylic acids is 2. The molecule has 2 heterocycles. The van der Waals surface area contributed by atoms with Crippen LogP contribution in [0.4, 0.5) is 5.69 Å². The second-order valence-electron chi connectivity index (χ2n) is 10.1. The molecule has 37 heavy (non-hydrogen) atoms. The molecule has 0 aliphatic carbocycles. The van der Waals surface area contributed by atoms with E-state index in [1.54, 1.807) is 43.8 Å². The molecule has 4 aromatic rings. The van der Waals surface area contributed by atoms with E-state index in [2.05, 4.69) is 4.98 Å². The minimum atomic E-state index is -0.825. The maximum Gasteiger partial charge on any atom is 0.300 e. The summed E-state index contributed by atoms with van der Waals surface area (Å²) in [6.07, 6.45) is 3.23. The van der Waals surface area contributed by atoms with E-state index in [9.17, 15) is 14.7 Å². The zero-order valence-electron chi connectivity index (χ0n) is 21.2. The van der Waals surface area contributed by atoms with E-state index in [1.165, 1.54) is 4.90 Å². The number of amides is 1. The van der Waals surface area contributed by atoms with Crippen LogP contribution in [0.25, 0.3) is 16.5 Å². The molecular formula is C31H28N2O4. The quantitative estimate of drug-likeness (QED) is 0.209. The number of aliphatic hydroxyl groups is 1. The van der Waals surface area contributed by atoms with Crippen molar-refractivity contribution >= 4 is 33.9 Å². The summed E-state index contributed by atoms with van der Waals surface area (Å²) in [6.45, 7) is 6.14. The highest BCUT2D eigenvalue weighted by atomic mass is 16.5. The number of Topliss-reactive ketones (excluding diaryl/α,β-unsaturated/α-hetero) is 1. The highest BCUT2D eigenvalue weighted by molar-refractivity contribution is 6.52. The smallest absolute Gasteiger partial charge is 0.300 e. The third-order valence-corrected chi connectivity index (χ3v) is 6.77. The Morgan fingerprint density at radius 1 is 0.946 bits per heavy atom. The second-order valence-corrected chi connectivity index (χ2v) is 10.1. The number of fused-ring (bicyclic) bond motifs is 1. The first kappa shape index (κ1) is 24.3. The third kappa shape index (κ3) is 4.14. The van der Waals surface area contributed by atoms with Crippen LogP contribution in [0.3, 0.4) is 0 Å². The van der Waals surface area contributed by atoms with Gasteiger partial charge in [-0.3, -0.25) is 19.5 Å². The normalized spacial score (nSPS) is 17.4. The van der Waals surface area contributed by atoms with Gasteiger partial charge in [0.05, 0.1) is 24.4 Å². The van der Waals surface area contributed by atoms with Crippen molar-refractivity contribution in [3.8, 4) is 5.75 Å². The molecule has 6 heteroatoms. The number of pyridine rings is 1. The van der Waals surface area contributed by atoms with Crippen LogP contribution in [0, 0.1) is 0 Å². The van der Waals surface area contributed by atoms with Crippen LogP contribution in [-0.2, 0) is 15.0 Å². The Bertz CT molecular complexity index is 1550. The predicted octanol–water partition coefficient (Wildman–Crippen LogP) is 6.17. The standard InChI is InChI=1S/C31H28N2O4/c1-31(2,3)23-18-21(12-13-25(23)37-4)28(34)26-27(20-14-16-32-17-15-20)33(30(36)29(26)35)24-11-7-9-19-8-5-6-10-22(19)24/h5-18,27,34H,1-4H3/b28-26+. The summed E-state index contributed by atoms with van der Waals surface area (Å²) in [7, 11) is 1.60. The molecular weight excluding hydrogens is 464 g/mol. The fraction of sp³-hybridized carbons (Fsp3) is 0.194. The Kier molecular flexibility index (Phi) is 6.04. The molecule has 0 spiro atoms. The summed E-state index contributed by atoms with van der Waals surface area (Å²) in [5.74, 6) is -0.966. The molecule has 1 amide bonds. The number of hydrogen-bond acceptors (Lipinski definition) is 5. The van der Waals surface area contributed by atoms with Gasteiger partial charge in [0.25, 0.3) is 11.7 Å². The molecule has 1 aliphatic rings. The summed E-state index contributed by atoms with van der Waals surface area (Å²) in [4.78, 5) is 32.8. The van der Waals surface area contributed by atoms with Gasteiger partial charge in [0.15, 0.2) is 0 Å². The van der Waals surface area contributed by atoms with E-state index in [0.717, 1.165) is 16.3 Å². The molecule has 0 saturated carbocycles. The van der Waals surface area contributed by atoms with Crippen molar-refractivity contribution in [3.63, 3.8) is 0 Å². The minimum absolute atomic E-state index is 0.0363. The van der Waals surface area contributed by atoms with Gasteiger partial charge in [0.1, 0.15) is 11.5 Å². The van der Waals surface area contributed by atoms with E-state index in [1.807, 2.05) is 69.3 Å². The maximum absolute atomic E-state index is 13.6. The van der Waals surface area contributed by atoms with Gasteiger partial charge in [-0.25, -0.2) is 0 Å². The Morgan fingerprint density at radius 3 is 2.35 bits per heavy atom. The van der Waals surface area contributed by atoms with Crippen molar-refractivity contribution in [3.05, 3.63) is 107 Å². The summed E-state index contributed by atoms with van der Waals surface area (Å²) in [5, 5.41) is 13.4. The molecule has 0 bridgehead atoms. The van der Waals surface area contributed by atoms with Crippen LogP contribution in [0.15, 0.2) is 90.8 Å². The predicted molar refractivity (Wildman–Crippen MR) is 145 cm³/mol. The number of benzene rings is 3. The number of ketones is 1. The van der Waals surface area contributed by atoms with E-state index in [0.29, 0.717) is 22.6 Å². The molecule has 6 nitrogen and oxygen atoms in total. The fourth-order valence-electron chi connectivity index (χ4n) is 4.96. The molecule has 0 radical (unpaired) electrons. The lowest BCUT2D eigenvalue weighted by Crippen LogP contribution is -2.29. The molecule has 1 N–H and O–H groups in total. The molecule has 1 saturated heterocycles. The highest BCUT2D eigenvalue weighted by Crippen LogP contribution is 2.44. The van der Waals surface area contributed by atoms with Crippen LogP contribution in [0.5, 0.6) is 5.75 Å². The van der Waals surface area contributed by atoms with Crippen molar-refractivity contribution < 1.29 is 19.4 Å². The zero-order valence-corrected chi connectivity index (χ0v) is 21.2. The van der Waals surface area contributed by atoms with Crippen LogP contribution in [0.1, 0.15) is 43.5 Å². The number of anilines is 1. The Labute approximate surface area is 215 Å². The van der Waals surface area contributed by atoms with Gasteiger partial charge in [-0.1, -0.05) is 57.2 Å². The zero-order chi connectivity index (χ0) is 26.3. The Balaban J connectivity index is 1.76. The van der Waals surface area contributed by atoms with E-state index < -0.39 is 17.7 Å². The highest BCUT2D eigenvalue weighted by Gasteiger charge is 2.47. The summed E-state index contributed by atoms with van der Waals surface area (Å²) >= 11 is 0. The van der Waals surface area contributed by atoms with Crippen molar-refractivity contribution in [2.24, 2.45) is 0 Å². The van der Waals surface area contributed by atoms with Crippen molar-refractivity contribution in [2.45, 2.75) is 32.2 Å². The molecule has 1 aromatic heterocycles. The molecule has 1 unspecified atom stereocenters. The first-order valence-corrected chi connectivity index (χ1v) is 12.1. The third-order valence-electron chi connectivity index (χ3n) is 6.77. The van der Waals surface area contributed by atoms with Crippen molar-refractivity contribution in [2.75, 3.05) is 12.0 Å². The summed E-state index contributed by atoms with van der Waals surface area (Å²) in [6, 6.07) is 21.4. The lowest BCUT2D eigenvalue weighted by atomic mass is 9.84. The number of nitrogens with zero attached hydrogens (tertiary/aromatic N) is 2. The van der Waals surface area contributed by atoms with Gasteiger partial charge >= 0.3 is 0 Å². The topological polar surface area (TPSA) is 79.7 Å². The molecule has 1 atom stereocenters. The second kappa shape index (κ2) is 9.21. The summed E-state index contributed by atoms with van der Waals surface area (Å²) < 4.78 is 5.54. The number of aliphatic hydroxyl groups excluding tert-OH is 1. The minimum Gasteiger partial charge on any atom is -0.507 e. The summed E-state index contributed by atoms with van der Waals surface area (Å²) in [5.41, 5.74) is 2.36. The van der Waals surface area contributed by atoms with Gasteiger partial charge in [-0.15, -0.1) is 0 Å². The van der Waals surface area contributed by atoms with Crippen LogP contribution in [0.2, 0.25) is 0 Å². The number of aromatic nitrogens is 1. The first-order chi connectivity index (χ1) is 17.7. The van der Waals surface area contributed by atoms with E-state index in [-0.39, 0.29) is 16.7 Å². The van der Waals surface area contributed by atoms with Gasteiger partial charge in [0, 0.05) is 28.9 Å². The van der Waals surface area contributed by atoms with Crippen LogP contribution >= 0.6 is 0 Å². The first-order valence-electron chi connectivity index (χ1n) is 12.1. The van der Waals surface area contributed by atoms with E-state index >= 15 is 0 Å². The molecule has 5 rings (SSSR count). The number of rotatable bonds is 4. The van der Waals surface area contributed by atoms with Gasteiger partial charge < -0.3 is 9.84 Å². The number of ether oxygens (including phenoxy) is 1. The SMILES string of the molecule is COc1ccc(/C(O)=C2\C(=O)C(=O)N(c3cccc4ccccc34)C2c2ccncc2)cc1C(C)(C)C. The Morgan fingerprint density at radius 2 is 1.65 bits per heavy atom. The molecule has 3 aromatic carbocycles. The average Bonchev–Trinajstić information content (AvgIpc) is 3.17. The van der Waals surface area contributed by atoms with Crippen LogP contribution < -0.4 is 9.64 Å². The largest absolute Gasteiger partial charge is 0.507 e. The number of methoxy groups -OCH3 is 1. The molecule has 186 valence electrons. The monoisotopic (exact) mass is 492 g/mol. The van der Waals surface area contributed by atoms with Gasteiger partial charge in [-0.2, -0.15) is 0 Å². The molecule has 1 fully saturated rings. The lowest BCUT2D eigenvalue weighted by molar-refractivity contribution is -0.132. The van der Waals surface area contributed by atoms with Crippen molar-refractivity contribution in [1.29, 1.82) is 0 Å². The van der Waals surface area contributed by atoms with Gasteiger partial charge in [-0.05, 0) is 52.8 Å². The van der Waals surface area contributed by atoms with Crippen LogP contribution in [-0.4, -0.2) is 28.9 Å². The number of hydrogen-bond donors (Lipinski definition) is 1. The van der Waals surface area contributed by atoms with Crippen molar-refractivity contribution in [1.82, 2.24) is 4.98 Å². The fourth-order valence-corrected chi connectivity index (χ4v) is 4.96. The van der Waals surface area contributed by atoms with E-state index in [4.69, 9.17) is 4.74 Å². The van der Waals surface area contributed by atoms with Gasteiger partial charge in [0.2, 0.25) is 0 Å². The Hall–Kier alpha value is -4.45. The molecule has 1 aliphatic heterocycles. The lowest BCUT2D eigenvalue weighted by Gasteiger charge is -2.27.